The molecule has 1 heterocycles. The Labute approximate surface area is 134 Å². The van der Waals surface area contributed by atoms with Gasteiger partial charge in [-0.05, 0) is 30.5 Å². The largest absolute Gasteiger partial charge is 0.351 e. The van der Waals surface area contributed by atoms with Crippen LogP contribution in [0.2, 0.25) is 10.0 Å². The van der Waals surface area contributed by atoms with Crippen molar-refractivity contribution in [3.8, 4) is 0 Å². The molecule has 1 aliphatic rings. The number of amides is 1. The maximum Gasteiger partial charge on any atom is 0.238 e. The highest BCUT2D eigenvalue weighted by molar-refractivity contribution is 7.97. The van der Waals surface area contributed by atoms with Crippen LogP contribution in [0.3, 0.4) is 0 Å². The van der Waals surface area contributed by atoms with E-state index >= 15 is 0 Å². The van der Waals surface area contributed by atoms with Gasteiger partial charge in [0, 0.05) is 28.9 Å². The fraction of sp³-hybridized carbons (Fsp3) is 0.500. The van der Waals surface area contributed by atoms with Crippen LogP contribution in [0, 0.1) is 0 Å². The van der Waals surface area contributed by atoms with Crippen LogP contribution in [0.15, 0.2) is 18.2 Å². The summed E-state index contributed by atoms with van der Waals surface area (Å²) in [4.78, 5) is 12.3. The van der Waals surface area contributed by atoms with Gasteiger partial charge in [-0.15, -0.1) is 0 Å². The van der Waals surface area contributed by atoms with E-state index in [0.29, 0.717) is 16.6 Å². The molecule has 20 heavy (non-hydrogen) atoms. The van der Waals surface area contributed by atoms with Crippen molar-refractivity contribution in [3.05, 3.63) is 33.8 Å². The Hall–Kier alpha value is -0.420. The lowest BCUT2D eigenvalue weighted by atomic mass is 10.1. The lowest BCUT2D eigenvalue weighted by Gasteiger charge is -2.32. The number of likely N-dealkylation sites (N-methyl/N-ethyl adjacent to an activating group) is 1. The average Bonchev–Trinajstić information content (AvgIpc) is 2.46. The smallest absolute Gasteiger partial charge is 0.238 e. The molecule has 1 saturated heterocycles. The first-order chi connectivity index (χ1) is 9.61. The van der Waals surface area contributed by atoms with E-state index in [1.165, 1.54) is 0 Å². The first-order valence-corrected chi connectivity index (χ1v) is 8.43. The summed E-state index contributed by atoms with van der Waals surface area (Å²) in [6.45, 7) is 3.40. The Kier molecular flexibility index (Phi) is 6.02. The molecule has 1 aromatic carbocycles. The van der Waals surface area contributed by atoms with Gasteiger partial charge in [-0.3, -0.25) is 4.79 Å². The summed E-state index contributed by atoms with van der Waals surface area (Å²) in [7, 11) is 0. The van der Waals surface area contributed by atoms with Gasteiger partial charge in [-0.2, -0.15) is 0 Å². The normalized spacial score (nSPS) is 19.9. The van der Waals surface area contributed by atoms with Gasteiger partial charge in [0.25, 0.3) is 0 Å². The fourth-order valence-corrected chi connectivity index (χ4v) is 3.80. The first kappa shape index (κ1) is 16.0. The Morgan fingerprint density at radius 1 is 1.50 bits per heavy atom. The number of carbonyl (C=O) groups is 1. The highest BCUT2D eigenvalue weighted by atomic mass is 35.5. The Bertz CT molecular complexity index is 484. The van der Waals surface area contributed by atoms with Crippen molar-refractivity contribution in [2.75, 3.05) is 12.3 Å². The van der Waals surface area contributed by atoms with Crippen LogP contribution in [0.1, 0.15) is 25.3 Å². The SMILES string of the molecule is CCN1SCCCC1C(=O)NCc1ccc(Cl)cc1Cl. The molecule has 0 saturated carbocycles. The Morgan fingerprint density at radius 2 is 2.30 bits per heavy atom. The van der Waals surface area contributed by atoms with E-state index in [-0.39, 0.29) is 11.9 Å². The quantitative estimate of drug-likeness (QED) is 0.852. The van der Waals surface area contributed by atoms with Crippen molar-refractivity contribution >= 4 is 41.1 Å². The lowest BCUT2D eigenvalue weighted by Crippen LogP contribution is -2.45. The highest BCUT2D eigenvalue weighted by Gasteiger charge is 2.28. The number of rotatable bonds is 4. The number of carbonyl (C=O) groups excluding carboxylic acids is 1. The van der Waals surface area contributed by atoms with Gasteiger partial charge in [0.2, 0.25) is 5.91 Å². The van der Waals surface area contributed by atoms with Crippen LogP contribution in [0.5, 0.6) is 0 Å². The number of nitrogens with zero attached hydrogens (tertiary/aromatic N) is 1. The number of nitrogens with one attached hydrogen (secondary N) is 1. The standard InChI is InChI=1S/C14H18Cl2N2OS/c1-2-18-13(4-3-7-20-18)14(19)17-9-10-5-6-11(15)8-12(10)16/h5-6,8,13H,2-4,7,9H2,1H3,(H,17,19). The third-order valence-electron chi connectivity index (χ3n) is 3.31. The van der Waals surface area contributed by atoms with Crippen molar-refractivity contribution in [1.82, 2.24) is 9.62 Å². The second kappa shape index (κ2) is 7.55. The topological polar surface area (TPSA) is 32.3 Å². The first-order valence-electron chi connectivity index (χ1n) is 6.73. The molecule has 1 aromatic rings. The minimum atomic E-state index is -0.0372. The molecule has 1 unspecified atom stereocenters. The highest BCUT2D eigenvalue weighted by Crippen LogP contribution is 2.25. The van der Waals surface area contributed by atoms with Gasteiger partial charge in [-0.25, -0.2) is 4.31 Å². The zero-order chi connectivity index (χ0) is 14.5. The summed E-state index contributed by atoms with van der Waals surface area (Å²) in [5.74, 6) is 1.17. The number of hydrogen-bond acceptors (Lipinski definition) is 3. The molecule has 0 spiro atoms. The molecule has 0 aliphatic carbocycles. The van der Waals surface area contributed by atoms with E-state index in [2.05, 4.69) is 16.5 Å². The molecule has 0 aromatic heterocycles. The molecule has 0 radical (unpaired) electrons. The van der Waals surface area contributed by atoms with Gasteiger partial charge in [0.1, 0.15) is 0 Å². The monoisotopic (exact) mass is 332 g/mol. The van der Waals surface area contributed by atoms with Gasteiger partial charge >= 0.3 is 0 Å². The minimum Gasteiger partial charge on any atom is -0.351 e. The zero-order valence-corrected chi connectivity index (χ0v) is 13.7. The lowest BCUT2D eigenvalue weighted by molar-refractivity contribution is -0.125. The molecule has 1 fully saturated rings. The van der Waals surface area contributed by atoms with Gasteiger partial charge in [0.05, 0.1) is 6.04 Å². The summed E-state index contributed by atoms with van der Waals surface area (Å²) < 4.78 is 2.16. The molecule has 3 nitrogen and oxygen atoms in total. The van der Waals surface area contributed by atoms with Crippen molar-refractivity contribution in [3.63, 3.8) is 0 Å². The van der Waals surface area contributed by atoms with Gasteiger partial charge in [0.15, 0.2) is 0 Å². The molecule has 1 N–H and O–H groups in total. The average molecular weight is 333 g/mol. The van der Waals surface area contributed by atoms with Crippen LogP contribution in [0.25, 0.3) is 0 Å². The van der Waals surface area contributed by atoms with Crippen LogP contribution in [-0.2, 0) is 11.3 Å². The molecule has 110 valence electrons. The number of benzene rings is 1. The zero-order valence-electron chi connectivity index (χ0n) is 11.4. The van der Waals surface area contributed by atoms with Crippen LogP contribution >= 0.6 is 35.1 Å². The minimum absolute atomic E-state index is 0.0372. The summed E-state index contributed by atoms with van der Waals surface area (Å²) >= 11 is 13.7. The van der Waals surface area contributed by atoms with Crippen molar-refractivity contribution < 1.29 is 4.79 Å². The molecule has 1 atom stereocenters. The van der Waals surface area contributed by atoms with E-state index < -0.39 is 0 Å². The Morgan fingerprint density at radius 3 is 3.00 bits per heavy atom. The van der Waals surface area contributed by atoms with Gasteiger partial charge in [-0.1, -0.05) is 48.1 Å². The van der Waals surface area contributed by atoms with E-state index in [4.69, 9.17) is 23.2 Å². The van der Waals surface area contributed by atoms with E-state index in [1.807, 2.05) is 6.07 Å². The predicted octanol–water partition coefficient (Wildman–Crippen LogP) is 3.74. The molecular weight excluding hydrogens is 315 g/mol. The fourth-order valence-electron chi connectivity index (χ4n) is 2.23. The number of halogens is 2. The Balaban J connectivity index is 1.94. The molecule has 0 bridgehead atoms. The summed E-state index contributed by atoms with van der Waals surface area (Å²) in [6.07, 6.45) is 2.00. The second-order valence-electron chi connectivity index (χ2n) is 4.68. The summed E-state index contributed by atoms with van der Waals surface area (Å²) in [6, 6.07) is 5.28. The maximum atomic E-state index is 12.3. The van der Waals surface area contributed by atoms with Crippen molar-refractivity contribution in [2.45, 2.75) is 32.4 Å². The van der Waals surface area contributed by atoms with Crippen molar-refractivity contribution in [2.24, 2.45) is 0 Å². The van der Waals surface area contributed by atoms with Crippen molar-refractivity contribution in [1.29, 1.82) is 0 Å². The molecule has 2 rings (SSSR count). The summed E-state index contributed by atoms with van der Waals surface area (Å²) in [5, 5.41) is 4.16. The third kappa shape index (κ3) is 4.04. The number of hydrogen-bond donors (Lipinski definition) is 1. The predicted molar refractivity (Wildman–Crippen MR) is 86.2 cm³/mol. The maximum absolute atomic E-state index is 12.3. The van der Waals surface area contributed by atoms with Gasteiger partial charge < -0.3 is 5.32 Å². The van der Waals surface area contributed by atoms with E-state index in [0.717, 1.165) is 30.7 Å². The summed E-state index contributed by atoms with van der Waals surface area (Å²) in [5.41, 5.74) is 0.885. The van der Waals surface area contributed by atoms with E-state index in [9.17, 15) is 4.79 Å². The van der Waals surface area contributed by atoms with E-state index in [1.54, 1.807) is 24.1 Å². The second-order valence-corrected chi connectivity index (χ2v) is 6.66. The van der Waals surface area contributed by atoms with Crippen LogP contribution in [-0.4, -0.2) is 28.6 Å². The van der Waals surface area contributed by atoms with Crippen LogP contribution in [0.4, 0.5) is 0 Å². The van der Waals surface area contributed by atoms with Crippen LogP contribution < -0.4 is 5.32 Å². The molecule has 6 heteroatoms. The molecular formula is C14H18Cl2N2OS. The third-order valence-corrected chi connectivity index (χ3v) is 5.21. The molecule has 1 aliphatic heterocycles. The molecule has 1 amide bonds.